The van der Waals surface area contributed by atoms with E-state index >= 15 is 0 Å². The van der Waals surface area contributed by atoms with Crippen molar-refractivity contribution >= 4 is 11.9 Å². The van der Waals surface area contributed by atoms with Crippen LogP contribution in [0, 0.1) is 11.8 Å². The van der Waals surface area contributed by atoms with E-state index in [1.807, 2.05) is 44.2 Å². The van der Waals surface area contributed by atoms with E-state index in [9.17, 15) is 9.59 Å². The molecule has 0 aliphatic rings. The Morgan fingerprint density at radius 3 is 2.50 bits per heavy atom. The van der Waals surface area contributed by atoms with Gasteiger partial charge in [0, 0.05) is 12.5 Å². The van der Waals surface area contributed by atoms with Crippen LogP contribution in [0.25, 0.3) is 0 Å². The number of rotatable bonds is 10. The molecule has 0 saturated heterocycles. The number of ether oxygens (including phenoxy) is 1. The summed E-state index contributed by atoms with van der Waals surface area (Å²) in [6.45, 7) is 4.39. The van der Waals surface area contributed by atoms with Crippen molar-refractivity contribution in [2.45, 2.75) is 33.1 Å². The summed E-state index contributed by atoms with van der Waals surface area (Å²) in [5, 5.41) is 11.8. The molecule has 22 heavy (non-hydrogen) atoms. The van der Waals surface area contributed by atoms with Crippen LogP contribution < -0.4 is 10.1 Å². The molecule has 0 radical (unpaired) electrons. The maximum absolute atomic E-state index is 12.0. The van der Waals surface area contributed by atoms with Crippen LogP contribution in [0.15, 0.2) is 30.3 Å². The van der Waals surface area contributed by atoms with Crippen LogP contribution in [-0.4, -0.2) is 30.1 Å². The summed E-state index contributed by atoms with van der Waals surface area (Å²) in [5.41, 5.74) is 0. The van der Waals surface area contributed by atoms with E-state index in [1.165, 1.54) is 0 Å². The minimum atomic E-state index is -0.859. The van der Waals surface area contributed by atoms with Gasteiger partial charge in [-0.1, -0.05) is 38.5 Å². The highest BCUT2D eigenvalue weighted by atomic mass is 16.5. The Morgan fingerprint density at radius 2 is 1.91 bits per heavy atom. The zero-order valence-electron chi connectivity index (χ0n) is 13.2. The Kier molecular flexibility index (Phi) is 8.04. The Hall–Kier alpha value is -2.04. The fourth-order valence-electron chi connectivity index (χ4n) is 2.06. The van der Waals surface area contributed by atoms with Crippen LogP contribution in [0.2, 0.25) is 0 Å². The van der Waals surface area contributed by atoms with Gasteiger partial charge in [-0.05, 0) is 25.0 Å². The van der Waals surface area contributed by atoms with E-state index in [-0.39, 0.29) is 18.4 Å². The SMILES string of the molecule is CCCC(CNC(=O)C(C)CCOc1ccccc1)C(=O)O. The number of amides is 1. The van der Waals surface area contributed by atoms with Crippen molar-refractivity contribution in [3.63, 3.8) is 0 Å². The first kappa shape index (κ1) is 18.0. The molecule has 1 aromatic rings. The molecule has 1 rings (SSSR count). The Labute approximate surface area is 131 Å². The maximum Gasteiger partial charge on any atom is 0.308 e. The third-order valence-corrected chi connectivity index (χ3v) is 3.52. The molecule has 5 heteroatoms. The number of carboxylic acid groups (broad SMARTS) is 1. The second-order valence-corrected chi connectivity index (χ2v) is 5.42. The minimum absolute atomic E-state index is 0.126. The first-order chi connectivity index (χ1) is 10.5. The number of hydrogen-bond acceptors (Lipinski definition) is 3. The third kappa shape index (κ3) is 6.61. The number of carboxylic acids is 1. The molecule has 1 aromatic carbocycles. The number of hydrogen-bond donors (Lipinski definition) is 2. The molecule has 0 bridgehead atoms. The molecule has 1 amide bonds. The van der Waals surface area contributed by atoms with Crippen LogP contribution in [-0.2, 0) is 9.59 Å². The second-order valence-electron chi connectivity index (χ2n) is 5.42. The molecule has 0 spiro atoms. The number of nitrogens with one attached hydrogen (secondary N) is 1. The molecule has 2 atom stereocenters. The summed E-state index contributed by atoms with van der Waals surface area (Å²) in [6, 6.07) is 9.44. The zero-order chi connectivity index (χ0) is 16.4. The van der Waals surface area contributed by atoms with Gasteiger partial charge in [-0.25, -0.2) is 0 Å². The van der Waals surface area contributed by atoms with Gasteiger partial charge in [0.25, 0.3) is 0 Å². The molecular formula is C17H25NO4. The number of benzene rings is 1. The smallest absolute Gasteiger partial charge is 0.308 e. The zero-order valence-corrected chi connectivity index (χ0v) is 13.2. The van der Waals surface area contributed by atoms with E-state index in [1.54, 1.807) is 0 Å². The number of carbonyl (C=O) groups is 2. The highest BCUT2D eigenvalue weighted by Crippen LogP contribution is 2.11. The van der Waals surface area contributed by atoms with Gasteiger partial charge >= 0.3 is 5.97 Å². The van der Waals surface area contributed by atoms with Gasteiger partial charge in [0.1, 0.15) is 5.75 Å². The summed E-state index contributed by atoms with van der Waals surface area (Å²) in [5.74, 6) is -0.924. The lowest BCUT2D eigenvalue weighted by Gasteiger charge is -2.16. The second kappa shape index (κ2) is 9.82. The maximum atomic E-state index is 12.0. The first-order valence-corrected chi connectivity index (χ1v) is 7.73. The molecule has 0 aromatic heterocycles. The van der Waals surface area contributed by atoms with E-state index < -0.39 is 11.9 Å². The quantitative estimate of drug-likeness (QED) is 0.697. The Bertz CT molecular complexity index is 461. The van der Waals surface area contributed by atoms with Gasteiger partial charge in [0.15, 0.2) is 0 Å². The van der Waals surface area contributed by atoms with Crippen LogP contribution in [0.1, 0.15) is 33.1 Å². The Balaban J connectivity index is 2.28. The lowest BCUT2D eigenvalue weighted by molar-refractivity contribution is -0.142. The van der Waals surface area contributed by atoms with Crippen LogP contribution in [0.3, 0.4) is 0 Å². The lowest BCUT2D eigenvalue weighted by atomic mass is 10.0. The minimum Gasteiger partial charge on any atom is -0.494 e. The van der Waals surface area contributed by atoms with E-state index in [2.05, 4.69) is 5.32 Å². The summed E-state index contributed by atoms with van der Waals surface area (Å²) < 4.78 is 5.56. The summed E-state index contributed by atoms with van der Waals surface area (Å²) >= 11 is 0. The molecular weight excluding hydrogens is 282 g/mol. The predicted molar refractivity (Wildman–Crippen MR) is 84.8 cm³/mol. The number of aliphatic carboxylic acids is 1. The van der Waals surface area contributed by atoms with Gasteiger partial charge in [-0.3, -0.25) is 9.59 Å². The highest BCUT2D eigenvalue weighted by molar-refractivity contribution is 5.79. The fraction of sp³-hybridized carbons (Fsp3) is 0.529. The summed E-state index contributed by atoms with van der Waals surface area (Å²) in [6.07, 6.45) is 1.95. The van der Waals surface area contributed by atoms with Gasteiger partial charge < -0.3 is 15.2 Å². The third-order valence-electron chi connectivity index (χ3n) is 3.52. The number of para-hydroxylation sites is 1. The Morgan fingerprint density at radius 1 is 1.23 bits per heavy atom. The van der Waals surface area contributed by atoms with Crippen molar-refractivity contribution in [3.05, 3.63) is 30.3 Å². The monoisotopic (exact) mass is 307 g/mol. The van der Waals surface area contributed by atoms with E-state index in [0.29, 0.717) is 19.4 Å². The van der Waals surface area contributed by atoms with Crippen LogP contribution in [0.5, 0.6) is 5.75 Å². The van der Waals surface area contributed by atoms with Crippen molar-refractivity contribution in [1.82, 2.24) is 5.32 Å². The molecule has 5 nitrogen and oxygen atoms in total. The average Bonchev–Trinajstić information content (AvgIpc) is 2.51. The van der Waals surface area contributed by atoms with Crippen molar-refractivity contribution in [2.24, 2.45) is 11.8 Å². The summed E-state index contributed by atoms with van der Waals surface area (Å²) in [4.78, 5) is 23.0. The van der Waals surface area contributed by atoms with Crippen molar-refractivity contribution in [3.8, 4) is 5.75 Å². The molecule has 2 N–H and O–H groups in total. The molecule has 0 saturated carbocycles. The van der Waals surface area contributed by atoms with Crippen LogP contribution in [0.4, 0.5) is 0 Å². The topological polar surface area (TPSA) is 75.6 Å². The fourth-order valence-corrected chi connectivity index (χ4v) is 2.06. The average molecular weight is 307 g/mol. The van der Waals surface area contributed by atoms with Gasteiger partial charge in [-0.15, -0.1) is 0 Å². The normalized spacial score (nSPS) is 13.2. The molecule has 0 aliphatic carbocycles. The van der Waals surface area contributed by atoms with Crippen LogP contribution >= 0.6 is 0 Å². The standard InChI is InChI=1S/C17H25NO4/c1-3-7-14(17(20)21)12-18-16(19)13(2)10-11-22-15-8-5-4-6-9-15/h4-6,8-9,13-14H,3,7,10-12H2,1-2H3,(H,18,19)(H,20,21). The molecule has 0 heterocycles. The largest absolute Gasteiger partial charge is 0.494 e. The first-order valence-electron chi connectivity index (χ1n) is 7.73. The van der Waals surface area contributed by atoms with Crippen molar-refractivity contribution < 1.29 is 19.4 Å². The van der Waals surface area contributed by atoms with Crippen molar-refractivity contribution in [1.29, 1.82) is 0 Å². The molecule has 0 aliphatic heterocycles. The van der Waals surface area contributed by atoms with E-state index in [4.69, 9.17) is 9.84 Å². The lowest BCUT2D eigenvalue weighted by Crippen LogP contribution is -2.36. The summed E-state index contributed by atoms with van der Waals surface area (Å²) in [7, 11) is 0. The highest BCUT2D eigenvalue weighted by Gasteiger charge is 2.19. The van der Waals surface area contributed by atoms with Gasteiger partial charge in [0.2, 0.25) is 5.91 Å². The van der Waals surface area contributed by atoms with E-state index in [0.717, 1.165) is 12.2 Å². The molecule has 2 unspecified atom stereocenters. The molecule has 0 fully saturated rings. The van der Waals surface area contributed by atoms with Gasteiger partial charge in [0.05, 0.1) is 12.5 Å². The molecule has 122 valence electrons. The predicted octanol–water partition coefficient (Wildman–Crippen LogP) is 2.71. The van der Waals surface area contributed by atoms with Gasteiger partial charge in [-0.2, -0.15) is 0 Å². The van der Waals surface area contributed by atoms with Crippen molar-refractivity contribution in [2.75, 3.05) is 13.2 Å². The number of carbonyl (C=O) groups excluding carboxylic acids is 1.